The number of nitrogens with zero attached hydrogens (tertiary/aromatic N) is 2. The largest absolute Gasteiger partial charge is 0.326 e. The Bertz CT molecular complexity index is 823. The second-order valence-electron chi connectivity index (χ2n) is 7.39. The van der Waals surface area contributed by atoms with E-state index in [1.807, 2.05) is 6.07 Å². The monoisotopic (exact) mass is 391 g/mol. The summed E-state index contributed by atoms with van der Waals surface area (Å²) in [5.74, 6) is 0.0337. The molecule has 0 saturated carbocycles. The average molecular weight is 392 g/mol. The van der Waals surface area contributed by atoms with Crippen LogP contribution in [0.5, 0.6) is 0 Å². The molecule has 1 amide bonds. The predicted octanol–water partition coefficient (Wildman–Crippen LogP) is 3.55. The Kier molecular flexibility index (Phi) is 7.73. The molecule has 1 saturated heterocycles. The molecule has 152 valence electrons. The molecule has 0 bridgehead atoms. The van der Waals surface area contributed by atoms with Crippen LogP contribution in [0.2, 0.25) is 0 Å². The number of anilines is 1. The van der Waals surface area contributed by atoms with Crippen molar-refractivity contribution in [2.45, 2.75) is 13.3 Å². The Hall–Kier alpha value is -2.76. The topological polar surface area (TPSA) is 52.7 Å². The molecule has 0 radical (unpaired) electrons. The second-order valence-corrected chi connectivity index (χ2v) is 7.39. The third kappa shape index (κ3) is 6.97. The lowest BCUT2D eigenvalue weighted by Gasteiger charge is -2.34. The summed E-state index contributed by atoms with van der Waals surface area (Å²) in [5.41, 5.74) is 2.61. The van der Waals surface area contributed by atoms with Crippen LogP contribution in [0.25, 0.3) is 6.08 Å². The average Bonchev–Trinajstić information content (AvgIpc) is 2.74. The highest BCUT2D eigenvalue weighted by atomic mass is 16.1. The fourth-order valence-corrected chi connectivity index (χ4v) is 3.37. The van der Waals surface area contributed by atoms with E-state index < -0.39 is 0 Å². The van der Waals surface area contributed by atoms with E-state index in [4.69, 9.17) is 0 Å². The number of carbonyl (C=O) groups excluding carboxylic acids is 2. The Labute approximate surface area is 173 Å². The summed E-state index contributed by atoms with van der Waals surface area (Å²) in [7, 11) is 0. The summed E-state index contributed by atoms with van der Waals surface area (Å²) < 4.78 is 0. The van der Waals surface area contributed by atoms with Gasteiger partial charge in [0.15, 0.2) is 5.78 Å². The molecule has 5 nitrogen and oxygen atoms in total. The number of carbonyl (C=O) groups is 2. The molecular formula is C24H29N3O2. The minimum atomic E-state index is 0.00815. The zero-order valence-corrected chi connectivity index (χ0v) is 17.0. The Morgan fingerprint density at radius 2 is 1.59 bits per heavy atom. The predicted molar refractivity (Wildman–Crippen MR) is 118 cm³/mol. The lowest BCUT2D eigenvalue weighted by molar-refractivity contribution is -0.116. The molecule has 0 aromatic heterocycles. The zero-order valence-electron chi connectivity index (χ0n) is 17.0. The Morgan fingerprint density at radius 1 is 0.931 bits per heavy atom. The lowest BCUT2D eigenvalue weighted by atomic mass is 10.1. The first-order chi connectivity index (χ1) is 14.1. The summed E-state index contributed by atoms with van der Waals surface area (Å²) in [6, 6.07) is 17.4. The molecule has 0 atom stereocenters. The van der Waals surface area contributed by atoms with E-state index in [2.05, 4.69) is 51.5 Å². The van der Waals surface area contributed by atoms with E-state index >= 15 is 0 Å². The van der Waals surface area contributed by atoms with Gasteiger partial charge in [-0.15, -0.1) is 0 Å². The summed E-state index contributed by atoms with van der Waals surface area (Å²) in [4.78, 5) is 28.3. The van der Waals surface area contributed by atoms with E-state index in [0.717, 1.165) is 45.0 Å². The number of nitrogens with one attached hydrogen (secondary N) is 1. The van der Waals surface area contributed by atoms with Crippen LogP contribution < -0.4 is 5.32 Å². The second kappa shape index (κ2) is 10.7. The van der Waals surface area contributed by atoms with Crippen LogP contribution in [-0.4, -0.2) is 60.8 Å². The standard InChI is InChI=1S/C24H29N3O2/c1-20(28)22-9-11-23(12-10-22)25-24(29)13-15-27-18-16-26(17-19-27)14-5-8-21-6-3-2-4-7-21/h2-12H,13-19H2,1H3,(H,25,29)/b8-5+. The van der Waals surface area contributed by atoms with Crippen molar-refractivity contribution in [3.8, 4) is 0 Å². The van der Waals surface area contributed by atoms with Gasteiger partial charge in [-0.2, -0.15) is 0 Å². The van der Waals surface area contributed by atoms with E-state index in [1.54, 1.807) is 24.3 Å². The molecule has 1 N–H and O–H groups in total. The number of rotatable bonds is 8. The van der Waals surface area contributed by atoms with Crippen LogP contribution in [-0.2, 0) is 4.79 Å². The van der Waals surface area contributed by atoms with Gasteiger partial charge in [-0.05, 0) is 36.8 Å². The first kappa shape index (κ1) is 21.0. The number of Topliss-reactive ketones (excluding diaryl/α,β-unsaturated/α-hetero) is 1. The number of ketones is 1. The van der Waals surface area contributed by atoms with Crippen molar-refractivity contribution in [3.63, 3.8) is 0 Å². The molecule has 1 aliphatic heterocycles. The summed E-state index contributed by atoms with van der Waals surface area (Å²) in [6.07, 6.45) is 4.86. The third-order valence-electron chi connectivity index (χ3n) is 5.17. The van der Waals surface area contributed by atoms with Gasteiger partial charge in [-0.1, -0.05) is 42.5 Å². The summed E-state index contributed by atoms with van der Waals surface area (Å²) in [5, 5.41) is 2.90. The van der Waals surface area contributed by atoms with Gasteiger partial charge in [0.25, 0.3) is 0 Å². The number of amides is 1. The maximum atomic E-state index is 12.2. The molecule has 0 spiro atoms. The molecule has 29 heavy (non-hydrogen) atoms. The molecule has 1 fully saturated rings. The highest BCUT2D eigenvalue weighted by molar-refractivity contribution is 5.95. The van der Waals surface area contributed by atoms with E-state index in [1.165, 1.54) is 12.5 Å². The molecular weight excluding hydrogens is 362 g/mol. The Balaban J connectivity index is 1.33. The van der Waals surface area contributed by atoms with Gasteiger partial charge >= 0.3 is 0 Å². The lowest BCUT2D eigenvalue weighted by Crippen LogP contribution is -2.46. The smallest absolute Gasteiger partial charge is 0.225 e. The van der Waals surface area contributed by atoms with Gasteiger partial charge < -0.3 is 10.2 Å². The van der Waals surface area contributed by atoms with Gasteiger partial charge in [-0.3, -0.25) is 14.5 Å². The third-order valence-corrected chi connectivity index (χ3v) is 5.17. The number of hydrogen-bond donors (Lipinski definition) is 1. The molecule has 1 aliphatic rings. The van der Waals surface area contributed by atoms with Gasteiger partial charge in [0, 0.05) is 56.9 Å². The molecule has 2 aromatic carbocycles. The van der Waals surface area contributed by atoms with Crippen molar-refractivity contribution < 1.29 is 9.59 Å². The maximum Gasteiger partial charge on any atom is 0.225 e. The van der Waals surface area contributed by atoms with E-state index in [9.17, 15) is 9.59 Å². The van der Waals surface area contributed by atoms with Crippen LogP contribution in [0.1, 0.15) is 29.3 Å². The van der Waals surface area contributed by atoms with Crippen molar-refractivity contribution in [2.24, 2.45) is 0 Å². The molecule has 3 rings (SSSR count). The first-order valence-corrected chi connectivity index (χ1v) is 10.2. The van der Waals surface area contributed by atoms with Crippen molar-refractivity contribution in [3.05, 3.63) is 71.8 Å². The van der Waals surface area contributed by atoms with Crippen LogP contribution in [0.3, 0.4) is 0 Å². The van der Waals surface area contributed by atoms with Crippen molar-refractivity contribution in [2.75, 3.05) is 44.6 Å². The maximum absolute atomic E-state index is 12.2. The fraction of sp³-hybridized carbons (Fsp3) is 0.333. The molecule has 2 aromatic rings. The molecule has 1 heterocycles. The van der Waals surface area contributed by atoms with Gasteiger partial charge in [0.2, 0.25) is 5.91 Å². The van der Waals surface area contributed by atoms with Gasteiger partial charge in [0.05, 0.1) is 0 Å². The zero-order chi connectivity index (χ0) is 20.5. The minimum absolute atomic E-state index is 0.00815. The molecule has 0 aliphatic carbocycles. The number of benzene rings is 2. The normalized spacial score (nSPS) is 15.5. The van der Waals surface area contributed by atoms with Crippen molar-refractivity contribution >= 4 is 23.5 Å². The minimum Gasteiger partial charge on any atom is -0.326 e. The summed E-state index contributed by atoms with van der Waals surface area (Å²) in [6.45, 7) is 7.28. The first-order valence-electron chi connectivity index (χ1n) is 10.2. The van der Waals surface area contributed by atoms with Crippen LogP contribution >= 0.6 is 0 Å². The van der Waals surface area contributed by atoms with Gasteiger partial charge in [-0.25, -0.2) is 0 Å². The summed E-state index contributed by atoms with van der Waals surface area (Å²) >= 11 is 0. The number of hydrogen-bond acceptors (Lipinski definition) is 4. The highest BCUT2D eigenvalue weighted by Gasteiger charge is 2.16. The number of piperazine rings is 1. The van der Waals surface area contributed by atoms with Crippen LogP contribution in [0, 0.1) is 0 Å². The quantitative estimate of drug-likeness (QED) is 0.699. The van der Waals surface area contributed by atoms with E-state index in [-0.39, 0.29) is 11.7 Å². The van der Waals surface area contributed by atoms with Crippen molar-refractivity contribution in [1.29, 1.82) is 0 Å². The van der Waals surface area contributed by atoms with Gasteiger partial charge in [0.1, 0.15) is 0 Å². The highest BCUT2D eigenvalue weighted by Crippen LogP contribution is 2.11. The van der Waals surface area contributed by atoms with Crippen molar-refractivity contribution in [1.82, 2.24) is 9.80 Å². The molecule has 0 unspecified atom stereocenters. The van der Waals surface area contributed by atoms with E-state index in [0.29, 0.717) is 12.0 Å². The fourth-order valence-electron chi connectivity index (χ4n) is 3.37. The van der Waals surface area contributed by atoms with Crippen LogP contribution in [0.4, 0.5) is 5.69 Å². The SMILES string of the molecule is CC(=O)c1ccc(NC(=O)CCN2CCN(C/C=C/c3ccccc3)CC2)cc1. The Morgan fingerprint density at radius 3 is 2.24 bits per heavy atom. The van der Waals surface area contributed by atoms with Crippen LogP contribution in [0.15, 0.2) is 60.7 Å². The molecule has 5 heteroatoms.